The zero-order valence-electron chi connectivity index (χ0n) is 14.3. The minimum absolute atomic E-state index is 0.0768. The lowest BCUT2D eigenvalue weighted by Gasteiger charge is -2.25. The molecule has 0 saturated carbocycles. The summed E-state index contributed by atoms with van der Waals surface area (Å²) in [5, 5.41) is 1.82. The van der Waals surface area contributed by atoms with Gasteiger partial charge in [-0.05, 0) is 49.2 Å². The Labute approximate surface area is 160 Å². The molecule has 1 heterocycles. The Morgan fingerprint density at radius 1 is 1.35 bits per heavy atom. The Bertz CT molecular complexity index is 859. The number of benzene rings is 2. The van der Waals surface area contributed by atoms with Gasteiger partial charge in [0, 0.05) is 11.4 Å². The van der Waals surface area contributed by atoms with Crippen LogP contribution in [0.3, 0.4) is 0 Å². The zero-order chi connectivity index (χ0) is 18.8. The van der Waals surface area contributed by atoms with Crippen molar-refractivity contribution in [1.29, 1.82) is 0 Å². The summed E-state index contributed by atoms with van der Waals surface area (Å²) in [5.41, 5.74) is 2.51. The van der Waals surface area contributed by atoms with E-state index in [4.69, 9.17) is 11.6 Å². The highest BCUT2D eigenvalue weighted by Gasteiger charge is 2.34. The molecule has 0 unspecified atom stereocenters. The Morgan fingerprint density at radius 2 is 2.12 bits per heavy atom. The predicted octanol–water partition coefficient (Wildman–Crippen LogP) is 4.48. The first kappa shape index (κ1) is 18.7. The first-order chi connectivity index (χ1) is 12.4. The highest BCUT2D eigenvalue weighted by molar-refractivity contribution is 8.00. The third kappa shape index (κ3) is 3.86. The summed E-state index contributed by atoms with van der Waals surface area (Å²) < 4.78 is 14.0. The third-order valence-electron chi connectivity index (χ3n) is 4.10. The zero-order valence-corrected chi connectivity index (χ0v) is 15.9. The van der Waals surface area contributed by atoms with Gasteiger partial charge >= 0.3 is 0 Å². The van der Waals surface area contributed by atoms with E-state index in [0.717, 1.165) is 5.56 Å². The summed E-state index contributed by atoms with van der Waals surface area (Å²) in [7, 11) is 0. The van der Waals surface area contributed by atoms with Crippen LogP contribution in [0, 0.1) is 12.7 Å². The van der Waals surface area contributed by atoms with Crippen LogP contribution in [0.4, 0.5) is 15.8 Å². The van der Waals surface area contributed by atoms with Gasteiger partial charge in [-0.25, -0.2) is 4.39 Å². The maximum atomic E-state index is 14.0. The van der Waals surface area contributed by atoms with E-state index in [9.17, 15) is 14.0 Å². The largest absolute Gasteiger partial charge is 0.325 e. The lowest BCUT2D eigenvalue weighted by Crippen LogP contribution is -2.28. The molecule has 0 aromatic heterocycles. The molecule has 1 aliphatic heterocycles. The maximum absolute atomic E-state index is 14.0. The molecule has 0 aliphatic carbocycles. The Hall–Kier alpha value is -2.05. The van der Waals surface area contributed by atoms with Crippen LogP contribution in [-0.2, 0) is 9.59 Å². The third-order valence-corrected chi connectivity index (χ3v) is 5.51. The van der Waals surface area contributed by atoms with E-state index >= 15 is 0 Å². The first-order valence-corrected chi connectivity index (χ1v) is 9.60. The van der Waals surface area contributed by atoms with Crippen molar-refractivity contribution in [2.75, 3.05) is 16.0 Å². The van der Waals surface area contributed by atoms with Crippen LogP contribution in [0.1, 0.15) is 23.4 Å². The second kappa shape index (κ2) is 7.68. The van der Waals surface area contributed by atoms with Gasteiger partial charge in [0.05, 0.1) is 5.75 Å². The average molecular weight is 393 g/mol. The second-order valence-electron chi connectivity index (χ2n) is 6.09. The number of nitrogens with zero attached hydrogens (tertiary/aromatic N) is 1. The molecule has 1 saturated heterocycles. The predicted molar refractivity (Wildman–Crippen MR) is 104 cm³/mol. The number of alkyl halides is 1. The summed E-state index contributed by atoms with van der Waals surface area (Å²) in [5.74, 6) is -0.401. The molecule has 2 aromatic carbocycles. The average Bonchev–Trinajstić information content (AvgIpc) is 2.99. The summed E-state index contributed by atoms with van der Waals surface area (Å²) in [6.07, 6.45) is 0. The van der Waals surface area contributed by atoms with E-state index in [-0.39, 0.29) is 23.0 Å². The van der Waals surface area contributed by atoms with Crippen LogP contribution in [0.15, 0.2) is 42.5 Å². The topological polar surface area (TPSA) is 49.4 Å². The van der Waals surface area contributed by atoms with Gasteiger partial charge in [-0.2, -0.15) is 0 Å². The molecule has 7 heteroatoms. The molecule has 26 heavy (non-hydrogen) atoms. The van der Waals surface area contributed by atoms with E-state index in [1.54, 1.807) is 43.0 Å². The van der Waals surface area contributed by atoms with E-state index in [1.807, 2.05) is 12.1 Å². The number of halogens is 2. The molecule has 1 N–H and O–H groups in total. The lowest BCUT2D eigenvalue weighted by atomic mass is 10.1. The molecule has 2 amide bonds. The van der Waals surface area contributed by atoms with E-state index < -0.39 is 5.38 Å². The first-order valence-electron chi connectivity index (χ1n) is 8.11. The van der Waals surface area contributed by atoms with Crippen molar-refractivity contribution in [3.63, 3.8) is 0 Å². The van der Waals surface area contributed by atoms with E-state index in [0.29, 0.717) is 22.7 Å². The summed E-state index contributed by atoms with van der Waals surface area (Å²) >= 11 is 7.26. The molecular formula is C19H18ClFN2O2S. The molecule has 2 aromatic rings. The molecule has 1 fully saturated rings. The monoisotopic (exact) mass is 392 g/mol. The number of hydrogen-bond donors (Lipinski definition) is 1. The van der Waals surface area contributed by atoms with Crippen molar-refractivity contribution in [1.82, 2.24) is 0 Å². The number of nitrogens with one attached hydrogen (secondary N) is 1. The van der Waals surface area contributed by atoms with Crippen molar-refractivity contribution in [2.45, 2.75) is 24.6 Å². The van der Waals surface area contributed by atoms with Crippen molar-refractivity contribution in [2.24, 2.45) is 0 Å². The van der Waals surface area contributed by atoms with Gasteiger partial charge in [-0.3, -0.25) is 14.5 Å². The fourth-order valence-corrected chi connectivity index (χ4v) is 3.91. The quantitative estimate of drug-likeness (QED) is 0.780. The highest BCUT2D eigenvalue weighted by atomic mass is 35.5. The minimum Gasteiger partial charge on any atom is -0.325 e. The maximum Gasteiger partial charge on any atom is 0.242 e. The molecule has 1 aliphatic rings. The van der Waals surface area contributed by atoms with Gasteiger partial charge in [-0.15, -0.1) is 23.4 Å². The number of anilines is 2. The van der Waals surface area contributed by atoms with Crippen molar-refractivity contribution in [3.8, 4) is 0 Å². The number of amides is 2. The molecular weight excluding hydrogens is 375 g/mol. The molecule has 0 spiro atoms. The van der Waals surface area contributed by atoms with Crippen molar-refractivity contribution < 1.29 is 14.0 Å². The number of aryl methyl sites for hydroxylation is 1. The van der Waals surface area contributed by atoms with Crippen molar-refractivity contribution >= 4 is 46.6 Å². The fraction of sp³-hybridized carbons (Fsp3) is 0.263. The van der Waals surface area contributed by atoms with Crippen LogP contribution in [-0.4, -0.2) is 22.9 Å². The van der Waals surface area contributed by atoms with E-state index in [1.165, 1.54) is 17.8 Å². The normalized spacial score (nSPS) is 18.1. The number of carbonyl (C=O) groups excluding carboxylic acids is 2. The Morgan fingerprint density at radius 3 is 2.81 bits per heavy atom. The minimum atomic E-state index is -0.645. The number of hydrogen-bond acceptors (Lipinski definition) is 3. The van der Waals surface area contributed by atoms with Gasteiger partial charge < -0.3 is 5.32 Å². The molecule has 136 valence electrons. The fourth-order valence-electron chi connectivity index (χ4n) is 2.69. The number of thioether (sulfide) groups is 1. The summed E-state index contributed by atoms with van der Waals surface area (Å²) in [4.78, 5) is 25.8. The Kier molecular flexibility index (Phi) is 5.53. The number of carbonyl (C=O) groups is 2. The molecule has 0 radical (unpaired) electrons. The van der Waals surface area contributed by atoms with Crippen LogP contribution in [0.5, 0.6) is 0 Å². The lowest BCUT2D eigenvalue weighted by molar-refractivity contribution is -0.116. The van der Waals surface area contributed by atoms with Gasteiger partial charge in [0.2, 0.25) is 11.8 Å². The van der Waals surface area contributed by atoms with Gasteiger partial charge in [0.1, 0.15) is 16.6 Å². The second-order valence-corrected chi connectivity index (χ2v) is 7.81. The summed E-state index contributed by atoms with van der Waals surface area (Å²) in [6, 6.07) is 12.1. The van der Waals surface area contributed by atoms with Crippen molar-refractivity contribution in [3.05, 3.63) is 59.4 Å². The van der Waals surface area contributed by atoms with Crippen LogP contribution in [0.25, 0.3) is 0 Å². The molecule has 2 atom stereocenters. The summed E-state index contributed by atoms with van der Waals surface area (Å²) in [6.45, 7) is 3.28. The standard InChI is InChI=1S/C19H18ClFN2O2S/c1-11-6-7-15(9-16(11)21)23-17(24)10-26-19(23)13-4-3-5-14(8-13)22-18(25)12(2)20/h3-9,12,19H,10H2,1-2H3,(H,22,25)/t12-,19+/m0/s1. The smallest absolute Gasteiger partial charge is 0.242 e. The van der Waals surface area contributed by atoms with Gasteiger partial charge in [-0.1, -0.05) is 18.2 Å². The molecule has 0 bridgehead atoms. The molecule has 4 nitrogen and oxygen atoms in total. The Balaban J connectivity index is 1.91. The highest BCUT2D eigenvalue weighted by Crippen LogP contribution is 2.42. The van der Waals surface area contributed by atoms with Crippen LogP contribution in [0.2, 0.25) is 0 Å². The van der Waals surface area contributed by atoms with Gasteiger partial charge in [0.25, 0.3) is 0 Å². The van der Waals surface area contributed by atoms with Crippen LogP contribution >= 0.6 is 23.4 Å². The van der Waals surface area contributed by atoms with Gasteiger partial charge in [0.15, 0.2) is 0 Å². The van der Waals surface area contributed by atoms with Crippen LogP contribution < -0.4 is 10.2 Å². The van der Waals surface area contributed by atoms with E-state index in [2.05, 4.69) is 5.32 Å². The number of rotatable bonds is 4. The SMILES string of the molecule is Cc1ccc(N2C(=O)CS[C@@H]2c2cccc(NC(=O)[C@H](C)Cl)c2)cc1F. The molecule has 3 rings (SSSR count).